The molecule has 2 unspecified atom stereocenters. The Hall–Kier alpha value is -3.61. The Morgan fingerprint density at radius 3 is 2.44 bits per heavy atom. The fourth-order valence-corrected chi connectivity index (χ4v) is 4.87. The number of nitrogens with zero attached hydrogens (tertiary/aromatic N) is 3. The van der Waals surface area contributed by atoms with Crippen molar-refractivity contribution < 1.29 is 9.90 Å². The number of anilines is 1. The van der Waals surface area contributed by atoms with Gasteiger partial charge in [-0.25, -0.2) is 0 Å². The molecule has 2 N–H and O–H groups in total. The van der Waals surface area contributed by atoms with Crippen LogP contribution >= 0.6 is 0 Å². The number of piperazine rings is 1. The molecular weight excluding hydrogens is 424 g/mol. The summed E-state index contributed by atoms with van der Waals surface area (Å²) in [6.07, 6.45) is 1.51. The fraction of sp³-hybridized carbons (Fsp3) is 0.250. The lowest BCUT2D eigenvalue weighted by atomic mass is 9.94. The highest BCUT2D eigenvalue weighted by Gasteiger charge is 2.33. The van der Waals surface area contributed by atoms with E-state index in [0.717, 1.165) is 58.4 Å². The van der Waals surface area contributed by atoms with Gasteiger partial charge in [0.05, 0.1) is 11.7 Å². The van der Waals surface area contributed by atoms with Crippen molar-refractivity contribution in [3.8, 4) is 11.3 Å². The Bertz CT molecular complexity index is 1290. The molecule has 0 amide bonds. The zero-order valence-electron chi connectivity index (χ0n) is 19.2. The van der Waals surface area contributed by atoms with Crippen LogP contribution in [0.3, 0.4) is 0 Å². The van der Waals surface area contributed by atoms with E-state index >= 15 is 0 Å². The van der Waals surface area contributed by atoms with Crippen LogP contribution in [0, 0.1) is 0 Å². The molecule has 1 aliphatic heterocycles. The van der Waals surface area contributed by atoms with Gasteiger partial charge in [0.2, 0.25) is 0 Å². The van der Waals surface area contributed by atoms with Crippen molar-refractivity contribution >= 4 is 22.7 Å². The molecule has 2 atom stereocenters. The maximum Gasteiger partial charge on any atom is 0.150 e. The Morgan fingerprint density at radius 1 is 1.00 bits per heavy atom. The molecule has 2 heterocycles. The number of hydrogen-bond donors (Lipinski definition) is 2. The molecule has 1 aliphatic rings. The first-order valence-corrected chi connectivity index (χ1v) is 11.7. The average Bonchev–Trinajstić information content (AvgIpc) is 2.89. The number of carbonyl (C=O) groups excluding carboxylic acids is 1. The van der Waals surface area contributed by atoms with E-state index in [0.29, 0.717) is 12.0 Å². The smallest absolute Gasteiger partial charge is 0.150 e. The van der Waals surface area contributed by atoms with E-state index in [4.69, 9.17) is 10.2 Å². The van der Waals surface area contributed by atoms with Gasteiger partial charge in [0.25, 0.3) is 0 Å². The lowest BCUT2D eigenvalue weighted by Gasteiger charge is -2.42. The molecule has 0 bridgehead atoms. The van der Waals surface area contributed by atoms with Crippen LogP contribution < -0.4 is 10.2 Å². The van der Waals surface area contributed by atoms with Gasteiger partial charge in [0.1, 0.15) is 12.0 Å². The summed E-state index contributed by atoms with van der Waals surface area (Å²) in [7, 11) is 0. The first kappa shape index (κ1) is 22.2. The number of nitrogens with one attached hydrogen (secondary N) is 1. The zero-order valence-corrected chi connectivity index (χ0v) is 19.2. The normalized spacial score (nSPS) is 18.2. The van der Waals surface area contributed by atoms with E-state index in [1.807, 2.05) is 60.7 Å². The molecule has 1 saturated heterocycles. The van der Waals surface area contributed by atoms with Crippen molar-refractivity contribution in [1.82, 2.24) is 15.5 Å². The third-order valence-corrected chi connectivity index (χ3v) is 6.61. The van der Waals surface area contributed by atoms with E-state index in [-0.39, 0.29) is 18.7 Å². The number of aliphatic hydroxyl groups excluding tert-OH is 1. The molecular formula is C28H28N4O2. The van der Waals surface area contributed by atoms with Crippen molar-refractivity contribution in [2.24, 2.45) is 0 Å². The average molecular weight is 453 g/mol. The van der Waals surface area contributed by atoms with Crippen LogP contribution in [0.1, 0.15) is 34.6 Å². The maximum atomic E-state index is 11.1. The number of hydrogen-bond acceptors (Lipinski definition) is 6. The first-order chi connectivity index (χ1) is 16.7. The van der Waals surface area contributed by atoms with E-state index in [9.17, 15) is 9.90 Å². The Morgan fingerprint density at radius 2 is 1.74 bits per heavy atom. The highest BCUT2D eigenvalue weighted by molar-refractivity contribution is 5.96. The molecule has 6 nitrogen and oxygen atoms in total. The number of benzene rings is 3. The Kier molecular flexibility index (Phi) is 6.34. The molecule has 0 aliphatic carbocycles. The number of aromatic nitrogens is 2. The number of aldehydes is 1. The molecule has 1 fully saturated rings. The lowest BCUT2D eigenvalue weighted by Crippen LogP contribution is -2.52. The predicted octanol–water partition coefficient (Wildman–Crippen LogP) is 4.18. The highest BCUT2D eigenvalue weighted by atomic mass is 16.3. The number of carbonyl (C=O) groups is 1. The van der Waals surface area contributed by atoms with Crippen molar-refractivity contribution in [2.75, 3.05) is 24.6 Å². The molecule has 4 aromatic rings. The minimum atomic E-state index is -0.00536. The first-order valence-electron chi connectivity index (χ1n) is 11.7. The summed E-state index contributed by atoms with van der Waals surface area (Å²) in [6.45, 7) is 4.02. The third kappa shape index (κ3) is 4.18. The van der Waals surface area contributed by atoms with Crippen molar-refractivity contribution in [3.05, 3.63) is 89.6 Å². The SMILES string of the molecule is CC1NCCN(c2ccc(C=O)cc2)C1c1nnc(-c2ccc(CCO)cc2)c2ccccc12. The molecule has 0 spiro atoms. The van der Waals surface area contributed by atoms with Gasteiger partial charge in [-0.15, -0.1) is 5.10 Å². The second kappa shape index (κ2) is 9.71. The van der Waals surface area contributed by atoms with Crippen LogP contribution in [-0.2, 0) is 6.42 Å². The van der Waals surface area contributed by atoms with E-state index in [1.165, 1.54) is 0 Å². The molecule has 1 aromatic heterocycles. The van der Waals surface area contributed by atoms with E-state index in [1.54, 1.807) is 0 Å². The van der Waals surface area contributed by atoms with Crippen LogP contribution in [0.5, 0.6) is 0 Å². The third-order valence-electron chi connectivity index (χ3n) is 6.61. The topological polar surface area (TPSA) is 78.4 Å². The minimum Gasteiger partial charge on any atom is -0.396 e. The highest BCUT2D eigenvalue weighted by Crippen LogP contribution is 2.36. The van der Waals surface area contributed by atoms with Gasteiger partial charge < -0.3 is 15.3 Å². The Labute approximate surface area is 199 Å². The van der Waals surface area contributed by atoms with E-state index in [2.05, 4.69) is 29.3 Å². The Balaban J connectivity index is 1.59. The lowest BCUT2D eigenvalue weighted by molar-refractivity contribution is 0.112. The van der Waals surface area contributed by atoms with Gasteiger partial charge in [-0.3, -0.25) is 4.79 Å². The molecule has 172 valence electrons. The largest absolute Gasteiger partial charge is 0.396 e. The summed E-state index contributed by atoms with van der Waals surface area (Å²) >= 11 is 0. The predicted molar refractivity (Wildman–Crippen MR) is 135 cm³/mol. The molecule has 0 saturated carbocycles. The number of fused-ring (bicyclic) bond motifs is 1. The molecule has 3 aromatic carbocycles. The standard InChI is InChI=1S/C28H28N4O2/c1-19-28(32(16-15-29-19)23-12-8-21(18-34)9-13-23)27-25-5-3-2-4-24(25)26(30-31-27)22-10-6-20(7-11-22)14-17-33/h2-13,18-19,28-29,33H,14-17H2,1H3. The van der Waals surface area contributed by atoms with E-state index < -0.39 is 0 Å². The van der Waals surface area contributed by atoms with Crippen molar-refractivity contribution in [3.63, 3.8) is 0 Å². The summed E-state index contributed by atoms with van der Waals surface area (Å²) in [4.78, 5) is 13.5. The van der Waals surface area contributed by atoms with Gasteiger partial charge in [0.15, 0.2) is 0 Å². The van der Waals surface area contributed by atoms with Crippen LogP contribution in [-0.4, -0.2) is 47.3 Å². The second-order valence-corrected chi connectivity index (χ2v) is 8.74. The van der Waals surface area contributed by atoms with Gasteiger partial charge >= 0.3 is 0 Å². The second-order valence-electron chi connectivity index (χ2n) is 8.74. The molecule has 6 heteroatoms. The summed E-state index contributed by atoms with van der Waals surface area (Å²) in [6, 6.07) is 24.4. The number of aliphatic hydroxyl groups is 1. The molecule has 34 heavy (non-hydrogen) atoms. The summed E-state index contributed by atoms with van der Waals surface area (Å²) in [5.74, 6) is 0. The summed E-state index contributed by atoms with van der Waals surface area (Å²) in [5, 5.41) is 24.5. The van der Waals surface area contributed by atoms with Crippen LogP contribution in [0.25, 0.3) is 22.0 Å². The van der Waals surface area contributed by atoms with Gasteiger partial charge in [0, 0.05) is 53.3 Å². The summed E-state index contributed by atoms with van der Waals surface area (Å²) < 4.78 is 0. The van der Waals surface area contributed by atoms with Gasteiger partial charge in [-0.05, 0) is 43.2 Å². The van der Waals surface area contributed by atoms with Gasteiger partial charge in [-0.1, -0.05) is 48.5 Å². The van der Waals surface area contributed by atoms with Crippen LogP contribution in [0.2, 0.25) is 0 Å². The minimum absolute atomic E-state index is 0.00536. The zero-order chi connectivity index (χ0) is 23.5. The van der Waals surface area contributed by atoms with Gasteiger partial charge in [-0.2, -0.15) is 5.10 Å². The fourth-order valence-electron chi connectivity index (χ4n) is 4.87. The maximum absolute atomic E-state index is 11.1. The van der Waals surface area contributed by atoms with Crippen LogP contribution in [0.15, 0.2) is 72.8 Å². The number of rotatable bonds is 6. The molecule has 5 rings (SSSR count). The van der Waals surface area contributed by atoms with Crippen molar-refractivity contribution in [1.29, 1.82) is 0 Å². The summed E-state index contributed by atoms with van der Waals surface area (Å²) in [5.41, 5.74) is 5.64. The van der Waals surface area contributed by atoms with Crippen LogP contribution in [0.4, 0.5) is 5.69 Å². The molecule has 0 radical (unpaired) electrons. The van der Waals surface area contributed by atoms with Crippen molar-refractivity contribution in [2.45, 2.75) is 25.4 Å². The quantitative estimate of drug-likeness (QED) is 0.427. The monoisotopic (exact) mass is 452 g/mol.